The van der Waals surface area contributed by atoms with Gasteiger partial charge >= 0.3 is 0 Å². The van der Waals surface area contributed by atoms with Crippen molar-refractivity contribution in [3.05, 3.63) is 41.7 Å². The topological polar surface area (TPSA) is 3.24 Å². The predicted molar refractivity (Wildman–Crippen MR) is 63.5 cm³/mol. The van der Waals surface area contributed by atoms with Crippen LogP contribution in [-0.4, -0.2) is 24.0 Å². The van der Waals surface area contributed by atoms with Crippen LogP contribution in [0, 0.1) is 11.7 Å². The molecule has 1 aliphatic heterocycles. The number of likely N-dealkylation sites (N-methyl/N-ethyl adjacent to an activating group) is 1. The number of halogens is 1. The minimum atomic E-state index is -0.131. The van der Waals surface area contributed by atoms with Crippen LogP contribution >= 0.6 is 0 Å². The van der Waals surface area contributed by atoms with Crippen LogP contribution in [0.15, 0.2) is 30.3 Å². The Balaban J connectivity index is 1.91. The van der Waals surface area contributed by atoms with Crippen LogP contribution in [0.5, 0.6) is 0 Å². The first-order chi connectivity index (χ1) is 7.78. The molecule has 1 aromatic rings. The zero-order valence-corrected chi connectivity index (χ0v) is 9.49. The van der Waals surface area contributed by atoms with E-state index in [1.807, 2.05) is 6.07 Å². The molecule has 1 saturated heterocycles. The van der Waals surface area contributed by atoms with Crippen LogP contribution in [0.3, 0.4) is 0 Å². The van der Waals surface area contributed by atoms with E-state index >= 15 is 0 Å². The second-order valence-corrected chi connectivity index (χ2v) is 4.72. The maximum absolute atomic E-state index is 13.2. The van der Waals surface area contributed by atoms with E-state index in [1.165, 1.54) is 18.1 Å². The van der Waals surface area contributed by atoms with Gasteiger partial charge in [-0.05, 0) is 42.2 Å². The molecule has 2 aliphatic rings. The highest BCUT2D eigenvalue weighted by Crippen LogP contribution is 2.41. The van der Waals surface area contributed by atoms with E-state index in [1.54, 1.807) is 12.1 Å². The van der Waals surface area contributed by atoms with Crippen molar-refractivity contribution in [3.8, 4) is 0 Å². The summed E-state index contributed by atoms with van der Waals surface area (Å²) in [6, 6.07) is 7.58. The molecule has 2 heteroatoms. The van der Waals surface area contributed by atoms with Crippen molar-refractivity contribution in [2.45, 2.75) is 19.4 Å². The quantitative estimate of drug-likeness (QED) is 0.736. The van der Waals surface area contributed by atoms with Crippen molar-refractivity contribution in [1.82, 2.24) is 4.90 Å². The fourth-order valence-electron chi connectivity index (χ4n) is 3.04. The van der Waals surface area contributed by atoms with Crippen LogP contribution < -0.4 is 0 Å². The first-order valence-corrected chi connectivity index (χ1v) is 5.99. The van der Waals surface area contributed by atoms with Gasteiger partial charge in [0, 0.05) is 12.6 Å². The number of fused-ring (bicyclic) bond motifs is 2. The van der Waals surface area contributed by atoms with Crippen LogP contribution in [0.25, 0.3) is 5.57 Å². The van der Waals surface area contributed by atoms with Gasteiger partial charge in [0.25, 0.3) is 0 Å². The lowest BCUT2D eigenvalue weighted by atomic mass is 9.95. The molecular formula is C14H16FN. The Hall–Kier alpha value is -1.15. The van der Waals surface area contributed by atoms with Gasteiger partial charge in [0.15, 0.2) is 0 Å². The van der Waals surface area contributed by atoms with Crippen molar-refractivity contribution in [1.29, 1.82) is 0 Å². The molecule has 0 radical (unpaired) electrons. The molecule has 3 rings (SSSR count). The number of hydrogen-bond acceptors (Lipinski definition) is 1. The number of benzene rings is 1. The van der Waals surface area contributed by atoms with Crippen molar-refractivity contribution in [3.63, 3.8) is 0 Å². The molecule has 1 nitrogen and oxygen atoms in total. The van der Waals surface area contributed by atoms with E-state index in [2.05, 4.69) is 17.9 Å². The summed E-state index contributed by atoms with van der Waals surface area (Å²) in [5.41, 5.74) is 2.43. The molecule has 2 bridgehead atoms. The normalized spacial score (nSPS) is 28.5. The highest BCUT2D eigenvalue weighted by Gasteiger charge is 2.38. The lowest BCUT2D eigenvalue weighted by Gasteiger charge is -2.24. The average molecular weight is 217 g/mol. The third-order valence-electron chi connectivity index (χ3n) is 3.83. The fourth-order valence-corrected chi connectivity index (χ4v) is 3.04. The van der Waals surface area contributed by atoms with Crippen LogP contribution in [0.2, 0.25) is 0 Å². The summed E-state index contributed by atoms with van der Waals surface area (Å²) < 4.78 is 13.2. The van der Waals surface area contributed by atoms with E-state index in [0.29, 0.717) is 12.0 Å². The molecule has 0 saturated carbocycles. The van der Waals surface area contributed by atoms with E-state index in [4.69, 9.17) is 0 Å². The lowest BCUT2D eigenvalue weighted by Crippen LogP contribution is -2.30. The number of rotatable bonds is 2. The maximum atomic E-state index is 13.2. The largest absolute Gasteiger partial charge is 0.297 e. The Morgan fingerprint density at radius 1 is 1.44 bits per heavy atom. The van der Waals surface area contributed by atoms with Crippen molar-refractivity contribution in [2.24, 2.45) is 5.92 Å². The van der Waals surface area contributed by atoms with Crippen molar-refractivity contribution in [2.75, 3.05) is 13.1 Å². The SMILES string of the molecule is CCN1CC2CC1C=C2c1cccc(F)c1. The van der Waals surface area contributed by atoms with E-state index in [0.717, 1.165) is 18.7 Å². The summed E-state index contributed by atoms with van der Waals surface area (Å²) in [5.74, 6) is 0.486. The van der Waals surface area contributed by atoms with Gasteiger partial charge in [0.2, 0.25) is 0 Å². The number of hydrogen-bond donors (Lipinski definition) is 0. The third-order valence-corrected chi connectivity index (χ3v) is 3.83. The molecular weight excluding hydrogens is 201 g/mol. The molecule has 0 amide bonds. The number of nitrogens with zero attached hydrogens (tertiary/aromatic N) is 1. The van der Waals surface area contributed by atoms with Gasteiger partial charge in [-0.1, -0.05) is 25.1 Å². The zero-order chi connectivity index (χ0) is 11.1. The smallest absolute Gasteiger partial charge is 0.123 e. The molecule has 1 fully saturated rings. The Kier molecular flexibility index (Phi) is 2.32. The van der Waals surface area contributed by atoms with Gasteiger partial charge in [-0.3, -0.25) is 4.90 Å². The highest BCUT2D eigenvalue weighted by atomic mass is 19.1. The average Bonchev–Trinajstić information content (AvgIpc) is 2.87. The van der Waals surface area contributed by atoms with Crippen LogP contribution in [0.4, 0.5) is 4.39 Å². The molecule has 2 atom stereocenters. The van der Waals surface area contributed by atoms with E-state index in [9.17, 15) is 4.39 Å². The molecule has 2 unspecified atom stereocenters. The van der Waals surface area contributed by atoms with Gasteiger partial charge in [-0.2, -0.15) is 0 Å². The summed E-state index contributed by atoms with van der Waals surface area (Å²) in [7, 11) is 0. The summed E-state index contributed by atoms with van der Waals surface area (Å²) in [6.45, 7) is 4.47. The lowest BCUT2D eigenvalue weighted by molar-refractivity contribution is 0.297. The Labute approximate surface area is 95.6 Å². The Morgan fingerprint density at radius 3 is 2.94 bits per heavy atom. The Morgan fingerprint density at radius 2 is 2.31 bits per heavy atom. The summed E-state index contributed by atoms with van der Waals surface area (Å²) in [6.07, 6.45) is 3.55. The first-order valence-electron chi connectivity index (χ1n) is 5.99. The number of likely N-dealkylation sites (tertiary alicyclic amines) is 1. The molecule has 84 valence electrons. The van der Waals surface area contributed by atoms with Crippen LogP contribution in [0.1, 0.15) is 18.9 Å². The third kappa shape index (κ3) is 1.49. The molecule has 1 aliphatic carbocycles. The molecule has 16 heavy (non-hydrogen) atoms. The van der Waals surface area contributed by atoms with Crippen LogP contribution in [-0.2, 0) is 0 Å². The second kappa shape index (κ2) is 3.70. The highest BCUT2D eigenvalue weighted by molar-refractivity contribution is 5.71. The maximum Gasteiger partial charge on any atom is 0.123 e. The minimum Gasteiger partial charge on any atom is -0.297 e. The van der Waals surface area contributed by atoms with Crippen molar-refractivity contribution >= 4 is 5.57 Å². The molecule has 0 spiro atoms. The summed E-state index contributed by atoms with van der Waals surface area (Å²) >= 11 is 0. The predicted octanol–water partition coefficient (Wildman–Crippen LogP) is 2.93. The zero-order valence-electron chi connectivity index (χ0n) is 9.49. The minimum absolute atomic E-state index is 0.131. The standard InChI is InChI=1S/C14H16FN/c1-2-16-9-11-7-13(16)8-14(11)10-4-3-5-12(15)6-10/h3-6,8,11,13H,2,7,9H2,1H3. The van der Waals surface area contributed by atoms with Gasteiger partial charge in [0.05, 0.1) is 0 Å². The molecule has 0 N–H and O–H groups in total. The Bertz CT molecular complexity index is 438. The second-order valence-electron chi connectivity index (χ2n) is 4.72. The molecule has 0 aromatic heterocycles. The fraction of sp³-hybridized carbons (Fsp3) is 0.429. The molecule has 1 heterocycles. The van der Waals surface area contributed by atoms with E-state index in [-0.39, 0.29) is 5.82 Å². The first kappa shape index (κ1) is 10.0. The van der Waals surface area contributed by atoms with Gasteiger partial charge < -0.3 is 0 Å². The van der Waals surface area contributed by atoms with Gasteiger partial charge in [-0.25, -0.2) is 4.39 Å². The molecule has 1 aromatic carbocycles. The van der Waals surface area contributed by atoms with E-state index < -0.39 is 0 Å². The summed E-state index contributed by atoms with van der Waals surface area (Å²) in [4.78, 5) is 2.49. The van der Waals surface area contributed by atoms with Gasteiger partial charge in [-0.15, -0.1) is 0 Å². The van der Waals surface area contributed by atoms with Crippen molar-refractivity contribution < 1.29 is 4.39 Å². The summed E-state index contributed by atoms with van der Waals surface area (Å²) in [5, 5.41) is 0. The monoisotopic (exact) mass is 217 g/mol. The van der Waals surface area contributed by atoms with Gasteiger partial charge in [0.1, 0.15) is 5.82 Å².